The van der Waals surface area contributed by atoms with E-state index in [4.69, 9.17) is 10.5 Å². The number of hydrogen-bond acceptors (Lipinski definition) is 3. The Balaban J connectivity index is 1.84. The van der Waals surface area contributed by atoms with Crippen LogP contribution in [-0.4, -0.2) is 31.6 Å². The molecule has 1 aromatic rings. The van der Waals surface area contributed by atoms with E-state index in [1.165, 1.54) is 24.3 Å². The van der Waals surface area contributed by atoms with Gasteiger partial charge in [0.1, 0.15) is 5.75 Å². The molecule has 0 spiro atoms. The maximum Gasteiger partial charge on any atom is 0.573 e. The van der Waals surface area contributed by atoms with Crippen LogP contribution in [0.3, 0.4) is 0 Å². The summed E-state index contributed by atoms with van der Waals surface area (Å²) < 4.78 is 45.4. The first-order valence-corrected chi connectivity index (χ1v) is 6.97. The van der Waals surface area contributed by atoms with E-state index >= 15 is 0 Å². The normalized spacial score (nSPS) is 19.8. The molecule has 1 unspecified atom stereocenters. The number of ether oxygens (including phenoxy) is 2. The van der Waals surface area contributed by atoms with E-state index in [1.54, 1.807) is 0 Å². The van der Waals surface area contributed by atoms with Crippen molar-refractivity contribution in [3.05, 3.63) is 24.3 Å². The molecule has 0 amide bonds. The zero-order chi connectivity index (χ0) is 16.0. The molecule has 0 saturated carbocycles. The summed E-state index contributed by atoms with van der Waals surface area (Å²) in [7, 11) is 0. The highest BCUT2D eigenvalue weighted by atomic mass is 19.4. The van der Waals surface area contributed by atoms with Gasteiger partial charge < -0.3 is 20.5 Å². The Bertz CT molecular complexity index is 497. The predicted molar refractivity (Wildman–Crippen MR) is 76.8 cm³/mol. The first-order valence-electron chi connectivity index (χ1n) is 6.97. The monoisotopic (exact) mass is 317 g/mol. The molecule has 0 bridgehead atoms. The Morgan fingerprint density at radius 3 is 2.64 bits per heavy atom. The number of hydrogen-bond donors (Lipinski definition) is 2. The van der Waals surface area contributed by atoms with Gasteiger partial charge in [0.05, 0.1) is 12.6 Å². The van der Waals surface area contributed by atoms with E-state index in [0.29, 0.717) is 12.2 Å². The van der Waals surface area contributed by atoms with Crippen LogP contribution >= 0.6 is 0 Å². The van der Waals surface area contributed by atoms with Gasteiger partial charge in [0, 0.05) is 12.3 Å². The maximum absolute atomic E-state index is 12.0. The average molecular weight is 317 g/mol. The molecule has 1 aliphatic rings. The molecule has 1 atom stereocenters. The SMILES string of the molecule is NC(=NCC1CCCCO1)Nc1ccc(OC(F)(F)F)cc1. The third kappa shape index (κ3) is 5.80. The fourth-order valence-corrected chi connectivity index (χ4v) is 2.08. The summed E-state index contributed by atoms with van der Waals surface area (Å²) >= 11 is 0. The van der Waals surface area contributed by atoms with E-state index < -0.39 is 6.36 Å². The molecule has 1 fully saturated rings. The van der Waals surface area contributed by atoms with Crippen LogP contribution in [0.15, 0.2) is 29.3 Å². The molecule has 2 rings (SSSR count). The van der Waals surface area contributed by atoms with Gasteiger partial charge in [-0.1, -0.05) is 0 Å². The van der Waals surface area contributed by atoms with Crippen LogP contribution in [0.5, 0.6) is 5.75 Å². The summed E-state index contributed by atoms with van der Waals surface area (Å²) in [5, 5.41) is 2.81. The molecule has 1 aliphatic heterocycles. The van der Waals surface area contributed by atoms with Crippen LogP contribution in [0.4, 0.5) is 18.9 Å². The molecule has 1 saturated heterocycles. The number of halogens is 3. The van der Waals surface area contributed by atoms with Crippen LogP contribution in [-0.2, 0) is 4.74 Å². The van der Waals surface area contributed by atoms with Crippen LogP contribution in [0.2, 0.25) is 0 Å². The maximum atomic E-state index is 12.0. The largest absolute Gasteiger partial charge is 0.573 e. The molecule has 22 heavy (non-hydrogen) atoms. The summed E-state index contributed by atoms with van der Waals surface area (Å²) in [6.45, 7) is 1.21. The Labute approximate surface area is 126 Å². The molecule has 0 aromatic heterocycles. The Kier molecular flexibility index (Phi) is 5.48. The molecule has 5 nitrogen and oxygen atoms in total. The topological polar surface area (TPSA) is 68.9 Å². The summed E-state index contributed by atoms with van der Waals surface area (Å²) in [6.07, 6.45) is -1.47. The van der Waals surface area contributed by atoms with Crippen LogP contribution in [0, 0.1) is 0 Å². The summed E-state index contributed by atoms with van der Waals surface area (Å²) in [5.41, 5.74) is 6.26. The minimum atomic E-state index is -4.70. The molecular formula is C14H18F3N3O2. The molecule has 1 heterocycles. The van der Waals surface area contributed by atoms with Crippen molar-refractivity contribution in [1.29, 1.82) is 0 Å². The Morgan fingerprint density at radius 1 is 1.32 bits per heavy atom. The number of aliphatic imine (C=N–C) groups is 1. The number of rotatable bonds is 4. The number of nitrogens with two attached hydrogens (primary N) is 1. The Hall–Kier alpha value is -1.96. The number of alkyl halides is 3. The van der Waals surface area contributed by atoms with Gasteiger partial charge >= 0.3 is 6.36 Å². The van der Waals surface area contributed by atoms with E-state index in [2.05, 4.69) is 15.0 Å². The van der Waals surface area contributed by atoms with Crippen molar-refractivity contribution in [2.45, 2.75) is 31.7 Å². The number of guanidine groups is 1. The van der Waals surface area contributed by atoms with Crippen LogP contribution in [0.1, 0.15) is 19.3 Å². The van der Waals surface area contributed by atoms with Crippen LogP contribution < -0.4 is 15.8 Å². The van der Waals surface area contributed by atoms with Crippen molar-refractivity contribution < 1.29 is 22.6 Å². The third-order valence-corrected chi connectivity index (χ3v) is 3.10. The molecule has 8 heteroatoms. The zero-order valence-electron chi connectivity index (χ0n) is 11.9. The van der Waals surface area contributed by atoms with Gasteiger partial charge in [-0.3, -0.25) is 4.99 Å². The van der Waals surface area contributed by atoms with Gasteiger partial charge in [0.2, 0.25) is 0 Å². The molecule has 122 valence electrons. The third-order valence-electron chi connectivity index (χ3n) is 3.10. The first-order chi connectivity index (χ1) is 10.4. The number of benzene rings is 1. The lowest BCUT2D eigenvalue weighted by atomic mass is 10.1. The van der Waals surface area contributed by atoms with E-state index in [1.807, 2.05) is 0 Å². The lowest BCUT2D eigenvalue weighted by Gasteiger charge is -2.20. The van der Waals surface area contributed by atoms with Gasteiger partial charge in [-0.15, -0.1) is 13.2 Å². The highest BCUT2D eigenvalue weighted by Gasteiger charge is 2.30. The fourth-order valence-electron chi connectivity index (χ4n) is 2.08. The summed E-state index contributed by atoms with van der Waals surface area (Å²) in [5.74, 6) is -0.0946. The predicted octanol–water partition coefficient (Wildman–Crippen LogP) is 2.88. The van der Waals surface area contributed by atoms with E-state index in [-0.39, 0.29) is 17.8 Å². The number of nitrogens with one attached hydrogen (secondary N) is 1. The van der Waals surface area contributed by atoms with Crippen molar-refractivity contribution in [2.24, 2.45) is 10.7 Å². The first kappa shape index (κ1) is 16.4. The van der Waals surface area contributed by atoms with Crippen molar-refractivity contribution in [3.8, 4) is 5.75 Å². The molecule has 0 aliphatic carbocycles. The average Bonchev–Trinajstić information content (AvgIpc) is 2.47. The Morgan fingerprint density at radius 2 is 2.05 bits per heavy atom. The van der Waals surface area contributed by atoms with Crippen molar-refractivity contribution in [1.82, 2.24) is 0 Å². The minimum absolute atomic E-state index is 0.0802. The molecule has 1 aromatic carbocycles. The van der Waals surface area contributed by atoms with Gasteiger partial charge in [0.15, 0.2) is 5.96 Å². The van der Waals surface area contributed by atoms with E-state index in [0.717, 1.165) is 25.9 Å². The second-order valence-electron chi connectivity index (χ2n) is 4.91. The van der Waals surface area contributed by atoms with Gasteiger partial charge in [-0.25, -0.2) is 0 Å². The molecular weight excluding hydrogens is 299 g/mol. The van der Waals surface area contributed by atoms with Gasteiger partial charge in [0.25, 0.3) is 0 Å². The molecule has 0 radical (unpaired) electrons. The van der Waals surface area contributed by atoms with Gasteiger partial charge in [-0.2, -0.15) is 0 Å². The van der Waals surface area contributed by atoms with Crippen molar-refractivity contribution >= 4 is 11.6 Å². The quantitative estimate of drug-likeness (QED) is 0.662. The second kappa shape index (κ2) is 7.35. The highest BCUT2D eigenvalue weighted by Crippen LogP contribution is 2.23. The fraction of sp³-hybridized carbons (Fsp3) is 0.500. The van der Waals surface area contributed by atoms with Gasteiger partial charge in [-0.05, 0) is 43.5 Å². The van der Waals surface area contributed by atoms with Crippen LogP contribution in [0.25, 0.3) is 0 Å². The van der Waals surface area contributed by atoms with Crippen molar-refractivity contribution in [3.63, 3.8) is 0 Å². The minimum Gasteiger partial charge on any atom is -0.406 e. The lowest BCUT2D eigenvalue weighted by Crippen LogP contribution is -2.27. The molecule has 3 N–H and O–H groups in total. The summed E-state index contributed by atoms with van der Waals surface area (Å²) in [4.78, 5) is 4.17. The van der Waals surface area contributed by atoms with Crippen molar-refractivity contribution in [2.75, 3.05) is 18.5 Å². The highest BCUT2D eigenvalue weighted by molar-refractivity contribution is 5.92. The number of anilines is 1. The second-order valence-corrected chi connectivity index (χ2v) is 4.91. The zero-order valence-corrected chi connectivity index (χ0v) is 11.9. The number of nitrogens with zero attached hydrogens (tertiary/aromatic N) is 1. The van der Waals surface area contributed by atoms with E-state index in [9.17, 15) is 13.2 Å². The smallest absolute Gasteiger partial charge is 0.406 e. The summed E-state index contributed by atoms with van der Waals surface area (Å²) in [6, 6.07) is 5.27. The lowest BCUT2D eigenvalue weighted by molar-refractivity contribution is -0.274. The standard InChI is InChI=1S/C14H18F3N3O2/c15-14(16,17)22-11-6-4-10(5-7-11)20-13(18)19-9-12-3-1-2-8-21-12/h4-7,12H,1-3,8-9H2,(H3,18,19,20).